The van der Waals surface area contributed by atoms with Gasteiger partial charge in [-0.2, -0.15) is 0 Å². The summed E-state index contributed by atoms with van der Waals surface area (Å²) in [6.45, 7) is 0. The maximum Gasteiger partial charge on any atom is 0.323 e. The molecule has 0 atom stereocenters. The van der Waals surface area contributed by atoms with Crippen LogP contribution in [-0.4, -0.2) is 11.0 Å². The van der Waals surface area contributed by atoms with Crippen LogP contribution in [0.25, 0.3) is 21.7 Å². The summed E-state index contributed by atoms with van der Waals surface area (Å²) >= 11 is 0. The molecule has 2 amide bonds. The molecule has 0 aliphatic carbocycles. The summed E-state index contributed by atoms with van der Waals surface area (Å²) < 4.78 is 0. The van der Waals surface area contributed by atoms with Crippen LogP contribution in [0.15, 0.2) is 79.0 Å². The van der Waals surface area contributed by atoms with E-state index in [1.165, 1.54) is 0 Å². The number of pyridine rings is 1. The zero-order chi connectivity index (χ0) is 16.4. The van der Waals surface area contributed by atoms with E-state index in [0.717, 1.165) is 27.4 Å². The van der Waals surface area contributed by atoms with E-state index in [0.29, 0.717) is 5.69 Å². The number of hydrogen-bond donors (Lipinski definition) is 2. The monoisotopic (exact) mass is 313 g/mol. The van der Waals surface area contributed by atoms with Crippen LogP contribution >= 0.6 is 0 Å². The first-order valence-electron chi connectivity index (χ1n) is 7.71. The number of carbonyl (C=O) groups excluding carboxylic acids is 1. The van der Waals surface area contributed by atoms with Crippen LogP contribution in [0.2, 0.25) is 0 Å². The third kappa shape index (κ3) is 2.65. The molecule has 0 aliphatic heterocycles. The van der Waals surface area contributed by atoms with Gasteiger partial charge in [-0.05, 0) is 23.6 Å². The minimum Gasteiger partial charge on any atom is -0.307 e. The Bertz CT molecular complexity index is 949. The minimum absolute atomic E-state index is 0.287. The van der Waals surface area contributed by atoms with E-state index in [1.54, 1.807) is 6.20 Å². The number of hydrogen-bond acceptors (Lipinski definition) is 2. The molecule has 0 aliphatic rings. The van der Waals surface area contributed by atoms with Gasteiger partial charge in [0.1, 0.15) is 0 Å². The van der Waals surface area contributed by atoms with Gasteiger partial charge in [-0.1, -0.05) is 54.6 Å². The number of fused-ring (bicyclic) bond motifs is 2. The Hall–Kier alpha value is -3.40. The second-order valence-corrected chi connectivity index (χ2v) is 5.49. The number of benzene rings is 3. The van der Waals surface area contributed by atoms with Crippen molar-refractivity contribution in [3.05, 3.63) is 79.0 Å². The van der Waals surface area contributed by atoms with Crippen molar-refractivity contribution in [1.29, 1.82) is 0 Å². The van der Waals surface area contributed by atoms with E-state index < -0.39 is 0 Å². The van der Waals surface area contributed by atoms with Crippen molar-refractivity contribution in [2.24, 2.45) is 0 Å². The van der Waals surface area contributed by atoms with Crippen molar-refractivity contribution < 1.29 is 4.79 Å². The van der Waals surface area contributed by atoms with Crippen molar-refractivity contribution in [2.75, 3.05) is 10.6 Å². The molecule has 0 radical (unpaired) electrons. The molecule has 0 fully saturated rings. The molecule has 0 spiro atoms. The van der Waals surface area contributed by atoms with Crippen molar-refractivity contribution >= 4 is 39.1 Å². The second-order valence-electron chi connectivity index (χ2n) is 5.49. The predicted octanol–water partition coefficient (Wildman–Crippen LogP) is 5.03. The number of nitrogens with zero attached hydrogens (tertiary/aromatic N) is 1. The maximum absolute atomic E-state index is 12.4. The van der Waals surface area contributed by atoms with E-state index in [9.17, 15) is 4.79 Å². The Morgan fingerprint density at radius 3 is 2.29 bits per heavy atom. The van der Waals surface area contributed by atoms with Gasteiger partial charge in [-0.3, -0.25) is 4.98 Å². The Morgan fingerprint density at radius 2 is 1.38 bits per heavy atom. The fourth-order valence-electron chi connectivity index (χ4n) is 2.82. The Morgan fingerprint density at radius 1 is 0.708 bits per heavy atom. The number of amides is 2. The number of aromatic nitrogens is 1. The normalized spacial score (nSPS) is 10.7. The molecule has 0 saturated carbocycles. The van der Waals surface area contributed by atoms with Gasteiger partial charge in [0.2, 0.25) is 0 Å². The fourth-order valence-corrected chi connectivity index (χ4v) is 2.82. The molecule has 4 aromatic rings. The first-order chi connectivity index (χ1) is 11.8. The standard InChI is InChI=1S/C20H15N3O/c24-20(22-17-11-3-7-14-6-1-2-10-16(14)17)23-18-12-4-8-15-9-5-13-21-19(15)18/h1-13H,(H2,22,23,24). The number of para-hydroxylation sites is 1. The molecule has 2 N–H and O–H groups in total. The van der Waals surface area contributed by atoms with Gasteiger partial charge in [0, 0.05) is 17.0 Å². The molecule has 4 heteroatoms. The highest BCUT2D eigenvalue weighted by atomic mass is 16.2. The predicted molar refractivity (Wildman–Crippen MR) is 98.3 cm³/mol. The average molecular weight is 313 g/mol. The van der Waals surface area contributed by atoms with Gasteiger partial charge in [-0.15, -0.1) is 0 Å². The van der Waals surface area contributed by atoms with E-state index in [-0.39, 0.29) is 6.03 Å². The van der Waals surface area contributed by atoms with Crippen molar-refractivity contribution in [3.8, 4) is 0 Å². The lowest BCUT2D eigenvalue weighted by molar-refractivity contribution is 0.262. The average Bonchev–Trinajstić information content (AvgIpc) is 2.62. The molecule has 24 heavy (non-hydrogen) atoms. The van der Waals surface area contributed by atoms with Gasteiger partial charge in [0.15, 0.2) is 0 Å². The number of rotatable bonds is 2. The third-order valence-corrected chi connectivity index (χ3v) is 3.92. The molecule has 116 valence electrons. The smallest absolute Gasteiger partial charge is 0.307 e. The molecule has 0 bridgehead atoms. The summed E-state index contributed by atoms with van der Waals surface area (Å²) in [6.07, 6.45) is 1.72. The van der Waals surface area contributed by atoms with Crippen molar-refractivity contribution in [1.82, 2.24) is 4.98 Å². The molecule has 0 saturated heterocycles. The highest BCUT2D eigenvalue weighted by Gasteiger charge is 2.08. The minimum atomic E-state index is -0.287. The van der Waals surface area contributed by atoms with Crippen molar-refractivity contribution in [2.45, 2.75) is 0 Å². The van der Waals surface area contributed by atoms with Gasteiger partial charge < -0.3 is 10.6 Å². The number of urea groups is 1. The lowest BCUT2D eigenvalue weighted by atomic mass is 10.1. The summed E-state index contributed by atoms with van der Waals surface area (Å²) in [4.78, 5) is 16.8. The lowest BCUT2D eigenvalue weighted by Gasteiger charge is -2.11. The van der Waals surface area contributed by atoms with E-state index in [1.807, 2.05) is 72.8 Å². The zero-order valence-electron chi connectivity index (χ0n) is 12.9. The van der Waals surface area contributed by atoms with Crippen molar-refractivity contribution in [3.63, 3.8) is 0 Å². The second kappa shape index (κ2) is 6.01. The molecular formula is C20H15N3O. The Balaban J connectivity index is 1.62. The first-order valence-corrected chi connectivity index (χ1v) is 7.71. The maximum atomic E-state index is 12.4. The molecule has 1 heterocycles. The van der Waals surface area contributed by atoms with Gasteiger partial charge in [0.25, 0.3) is 0 Å². The SMILES string of the molecule is O=C(Nc1cccc2ccccc12)Nc1cccc2cccnc12. The number of nitrogens with one attached hydrogen (secondary N) is 2. The summed E-state index contributed by atoms with van der Waals surface area (Å²) in [5.74, 6) is 0. The quantitative estimate of drug-likeness (QED) is 0.545. The van der Waals surface area contributed by atoms with Crippen LogP contribution in [0.5, 0.6) is 0 Å². The topological polar surface area (TPSA) is 54.0 Å². The molecular weight excluding hydrogens is 298 g/mol. The van der Waals surface area contributed by atoms with Gasteiger partial charge >= 0.3 is 6.03 Å². The largest absolute Gasteiger partial charge is 0.323 e. The van der Waals surface area contributed by atoms with Gasteiger partial charge in [0.05, 0.1) is 16.9 Å². The zero-order valence-corrected chi connectivity index (χ0v) is 12.9. The number of anilines is 2. The van der Waals surface area contributed by atoms with Crippen LogP contribution in [-0.2, 0) is 0 Å². The Labute approximate surface area is 139 Å². The third-order valence-electron chi connectivity index (χ3n) is 3.92. The summed E-state index contributed by atoms with van der Waals surface area (Å²) in [6, 6.07) is 23.1. The van der Waals surface area contributed by atoms with E-state index >= 15 is 0 Å². The molecule has 4 rings (SSSR count). The molecule has 0 unspecified atom stereocenters. The molecule has 1 aromatic heterocycles. The molecule has 3 aromatic carbocycles. The Kier molecular flexibility index (Phi) is 3.56. The van der Waals surface area contributed by atoms with Crippen LogP contribution in [0.1, 0.15) is 0 Å². The van der Waals surface area contributed by atoms with Gasteiger partial charge in [-0.25, -0.2) is 4.79 Å². The fraction of sp³-hybridized carbons (Fsp3) is 0. The highest BCUT2D eigenvalue weighted by molar-refractivity contribution is 6.08. The molecule has 4 nitrogen and oxygen atoms in total. The highest BCUT2D eigenvalue weighted by Crippen LogP contribution is 2.24. The van der Waals surface area contributed by atoms with Crippen LogP contribution in [0, 0.1) is 0 Å². The summed E-state index contributed by atoms with van der Waals surface area (Å²) in [5, 5.41) is 8.88. The number of carbonyl (C=O) groups is 1. The summed E-state index contributed by atoms with van der Waals surface area (Å²) in [7, 11) is 0. The summed E-state index contributed by atoms with van der Waals surface area (Å²) in [5.41, 5.74) is 2.23. The van der Waals surface area contributed by atoms with Crippen LogP contribution in [0.3, 0.4) is 0 Å². The first kappa shape index (κ1) is 14.2. The van der Waals surface area contributed by atoms with E-state index in [2.05, 4.69) is 15.6 Å². The lowest BCUT2D eigenvalue weighted by Crippen LogP contribution is -2.19. The van der Waals surface area contributed by atoms with Crippen LogP contribution < -0.4 is 10.6 Å². The van der Waals surface area contributed by atoms with Crippen LogP contribution in [0.4, 0.5) is 16.2 Å². The van der Waals surface area contributed by atoms with E-state index in [4.69, 9.17) is 0 Å².